The first-order chi connectivity index (χ1) is 19.5. The second kappa shape index (κ2) is 14.4. The highest BCUT2D eigenvalue weighted by Crippen LogP contribution is 2.39. The molecule has 3 N–H and O–H groups in total. The number of allylic oxidation sites excluding steroid dienone is 7. The van der Waals surface area contributed by atoms with Crippen molar-refractivity contribution in [3.8, 4) is 34.3 Å². The van der Waals surface area contributed by atoms with E-state index < -0.39 is 5.43 Å². The Kier molecular flexibility index (Phi) is 11.0. The minimum atomic E-state index is -0.534. The fourth-order valence-corrected chi connectivity index (χ4v) is 4.43. The van der Waals surface area contributed by atoms with Crippen molar-refractivity contribution in [3.05, 3.63) is 92.7 Å². The van der Waals surface area contributed by atoms with Crippen molar-refractivity contribution >= 4 is 11.0 Å². The van der Waals surface area contributed by atoms with Crippen molar-refractivity contribution in [3.63, 3.8) is 0 Å². The van der Waals surface area contributed by atoms with E-state index in [-0.39, 0.29) is 46.3 Å². The van der Waals surface area contributed by atoms with Crippen LogP contribution in [-0.2, 0) is 6.42 Å². The zero-order chi connectivity index (χ0) is 30.1. The van der Waals surface area contributed by atoms with Crippen molar-refractivity contribution in [2.75, 3.05) is 6.61 Å². The molecule has 3 aromatic rings. The zero-order valence-corrected chi connectivity index (χ0v) is 25.0. The van der Waals surface area contributed by atoms with Gasteiger partial charge in [-0.25, -0.2) is 0 Å². The highest BCUT2D eigenvalue weighted by Gasteiger charge is 2.23. The summed E-state index contributed by atoms with van der Waals surface area (Å²) in [4.78, 5) is 13.8. The summed E-state index contributed by atoms with van der Waals surface area (Å²) in [5.74, 6) is -0.355. The van der Waals surface area contributed by atoms with Crippen LogP contribution in [0.2, 0.25) is 0 Å². The molecule has 218 valence electrons. The highest BCUT2D eigenvalue weighted by molar-refractivity contribution is 5.91. The Balaban J connectivity index is 2.08. The lowest BCUT2D eigenvalue weighted by Gasteiger charge is -2.14. The average Bonchev–Trinajstić information content (AvgIpc) is 2.89. The van der Waals surface area contributed by atoms with Crippen LogP contribution in [0.4, 0.5) is 0 Å². The standard InChI is InChI=1S/C35H42O6/c1-22(2)9-7-11-24(5)13-18-28-29(37)21-30(38)31-32(39)35(40-20-19-25(6)12-8-10-23(3)4)33(41-34(28)31)26-14-16-27(36)17-15-26/h9-10,13-17,19,21,36-38H,7-8,11-12,18,20H2,1-6H3/b24-13+,25-19+. The summed E-state index contributed by atoms with van der Waals surface area (Å²) in [6.07, 6.45) is 12.2. The average molecular weight is 559 g/mol. The molecule has 41 heavy (non-hydrogen) atoms. The fourth-order valence-electron chi connectivity index (χ4n) is 4.43. The van der Waals surface area contributed by atoms with Crippen molar-refractivity contribution in [2.45, 2.75) is 73.6 Å². The molecule has 0 spiro atoms. The molecular formula is C35H42O6. The van der Waals surface area contributed by atoms with Crippen LogP contribution in [0.25, 0.3) is 22.3 Å². The van der Waals surface area contributed by atoms with Gasteiger partial charge < -0.3 is 24.5 Å². The highest BCUT2D eigenvalue weighted by atomic mass is 16.5. The Morgan fingerprint density at radius 3 is 1.98 bits per heavy atom. The summed E-state index contributed by atoms with van der Waals surface area (Å²) in [7, 11) is 0. The molecule has 1 heterocycles. The van der Waals surface area contributed by atoms with E-state index in [9.17, 15) is 20.1 Å². The molecule has 2 aromatic carbocycles. The molecule has 0 saturated heterocycles. The first-order valence-corrected chi connectivity index (χ1v) is 14.0. The number of ether oxygens (including phenoxy) is 1. The molecule has 0 saturated carbocycles. The topological polar surface area (TPSA) is 100 Å². The van der Waals surface area contributed by atoms with E-state index in [1.807, 2.05) is 26.0 Å². The van der Waals surface area contributed by atoms with Crippen LogP contribution < -0.4 is 10.2 Å². The Morgan fingerprint density at radius 2 is 1.39 bits per heavy atom. The molecule has 0 aliphatic carbocycles. The van der Waals surface area contributed by atoms with Crippen LogP contribution in [0.15, 0.2) is 86.1 Å². The van der Waals surface area contributed by atoms with Gasteiger partial charge in [0.15, 0.2) is 5.76 Å². The van der Waals surface area contributed by atoms with Gasteiger partial charge in [0.2, 0.25) is 11.2 Å². The second-order valence-electron chi connectivity index (χ2n) is 11.0. The fraction of sp³-hybridized carbons (Fsp3) is 0.343. The molecule has 1 aromatic heterocycles. The molecule has 0 aliphatic heterocycles. The maximum absolute atomic E-state index is 13.8. The number of benzene rings is 2. The third-order valence-electron chi connectivity index (χ3n) is 6.81. The predicted octanol–water partition coefficient (Wildman–Crippen LogP) is 8.88. The molecule has 0 unspecified atom stereocenters. The number of rotatable bonds is 12. The largest absolute Gasteiger partial charge is 0.508 e. The Morgan fingerprint density at radius 1 is 0.805 bits per heavy atom. The lowest BCUT2D eigenvalue weighted by molar-refractivity contribution is 0.349. The zero-order valence-electron chi connectivity index (χ0n) is 25.0. The van der Waals surface area contributed by atoms with E-state index >= 15 is 0 Å². The summed E-state index contributed by atoms with van der Waals surface area (Å²) in [6.45, 7) is 12.4. The van der Waals surface area contributed by atoms with Gasteiger partial charge >= 0.3 is 0 Å². The van der Waals surface area contributed by atoms with Crippen LogP contribution in [-0.4, -0.2) is 21.9 Å². The van der Waals surface area contributed by atoms with Gasteiger partial charge in [0.1, 0.15) is 34.8 Å². The van der Waals surface area contributed by atoms with Crippen molar-refractivity contribution in [1.29, 1.82) is 0 Å². The summed E-state index contributed by atoms with van der Waals surface area (Å²) < 4.78 is 12.3. The van der Waals surface area contributed by atoms with Crippen LogP contribution >= 0.6 is 0 Å². The number of fused-ring (bicyclic) bond motifs is 1. The first kappa shape index (κ1) is 31.3. The van der Waals surface area contributed by atoms with Gasteiger partial charge in [0.25, 0.3) is 0 Å². The number of phenols is 3. The molecule has 6 nitrogen and oxygen atoms in total. The van der Waals surface area contributed by atoms with Crippen molar-refractivity contribution in [1.82, 2.24) is 0 Å². The van der Waals surface area contributed by atoms with E-state index in [1.165, 1.54) is 29.3 Å². The Bertz CT molecular complexity index is 1540. The maximum Gasteiger partial charge on any atom is 0.239 e. The molecular weight excluding hydrogens is 516 g/mol. The lowest BCUT2D eigenvalue weighted by Crippen LogP contribution is -2.11. The normalized spacial score (nSPS) is 12.0. The molecule has 0 bridgehead atoms. The van der Waals surface area contributed by atoms with E-state index in [4.69, 9.17) is 9.15 Å². The predicted molar refractivity (Wildman–Crippen MR) is 167 cm³/mol. The van der Waals surface area contributed by atoms with Crippen LogP contribution in [0.5, 0.6) is 23.0 Å². The minimum absolute atomic E-state index is 0.0445. The van der Waals surface area contributed by atoms with Gasteiger partial charge in [-0.15, -0.1) is 0 Å². The third-order valence-corrected chi connectivity index (χ3v) is 6.81. The Labute approximate surface area is 242 Å². The third kappa shape index (κ3) is 8.65. The summed E-state index contributed by atoms with van der Waals surface area (Å²) in [5, 5.41) is 31.3. The molecule has 0 fully saturated rings. The molecule has 3 rings (SSSR count). The van der Waals surface area contributed by atoms with Gasteiger partial charge in [-0.05, 0) is 104 Å². The summed E-state index contributed by atoms with van der Waals surface area (Å²) in [5.41, 5.74) is 5.27. The van der Waals surface area contributed by atoms with Gasteiger partial charge in [-0.1, -0.05) is 40.5 Å². The lowest BCUT2D eigenvalue weighted by atomic mass is 10.0. The number of hydrogen-bond acceptors (Lipinski definition) is 6. The van der Waals surface area contributed by atoms with Crippen LogP contribution in [0.1, 0.15) is 72.8 Å². The van der Waals surface area contributed by atoms with E-state index in [0.717, 1.165) is 36.8 Å². The second-order valence-corrected chi connectivity index (χ2v) is 11.0. The number of aromatic hydroxyl groups is 3. The van der Waals surface area contributed by atoms with E-state index in [1.54, 1.807) is 12.1 Å². The van der Waals surface area contributed by atoms with Gasteiger partial charge in [0.05, 0.1) is 0 Å². The van der Waals surface area contributed by atoms with Gasteiger partial charge in [-0.3, -0.25) is 4.79 Å². The van der Waals surface area contributed by atoms with Crippen molar-refractivity contribution < 1.29 is 24.5 Å². The Hall–Kier alpha value is -4.19. The number of hydrogen-bond donors (Lipinski definition) is 3. The van der Waals surface area contributed by atoms with Crippen LogP contribution in [0, 0.1) is 0 Å². The van der Waals surface area contributed by atoms with Crippen molar-refractivity contribution in [2.24, 2.45) is 0 Å². The molecule has 6 heteroatoms. The van der Waals surface area contributed by atoms with E-state index in [0.29, 0.717) is 17.5 Å². The smallest absolute Gasteiger partial charge is 0.239 e. The number of phenolic OH excluding ortho intramolecular Hbond substituents is 3. The maximum atomic E-state index is 13.8. The SMILES string of the molecule is CC(C)=CCC/C(C)=C/COc1c(-c2ccc(O)cc2)oc2c(C/C=C(\C)CCC=C(C)C)c(O)cc(O)c2c1=O. The minimum Gasteiger partial charge on any atom is -0.508 e. The van der Waals surface area contributed by atoms with Gasteiger partial charge in [0, 0.05) is 17.2 Å². The molecule has 0 amide bonds. The molecule has 0 atom stereocenters. The van der Waals surface area contributed by atoms with E-state index in [2.05, 4.69) is 39.8 Å². The molecule has 0 aliphatic rings. The first-order valence-electron chi connectivity index (χ1n) is 14.0. The molecule has 0 radical (unpaired) electrons. The monoisotopic (exact) mass is 558 g/mol. The summed E-state index contributed by atoms with van der Waals surface area (Å²) >= 11 is 0. The summed E-state index contributed by atoms with van der Waals surface area (Å²) in [6, 6.07) is 7.43. The quantitative estimate of drug-likeness (QED) is 0.192. The van der Waals surface area contributed by atoms with Gasteiger partial charge in [-0.2, -0.15) is 0 Å². The van der Waals surface area contributed by atoms with Crippen LogP contribution in [0.3, 0.4) is 0 Å².